The molecule has 0 fully saturated rings. The van der Waals surface area contributed by atoms with Crippen LogP contribution >= 0.6 is 11.6 Å². The molecule has 0 saturated heterocycles. The first-order chi connectivity index (χ1) is 7.90. The monoisotopic (exact) mass is 256 g/mol. The minimum Gasteiger partial charge on any atom is -0.493 e. The number of hydrogen-bond donors (Lipinski definition) is 1. The van der Waals surface area contributed by atoms with E-state index in [-0.39, 0.29) is 17.9 Å². The van der Waals surface area contributed by atoms with Gasteiger partial charge < -0.3 is 9.84 Å². The van der Waals surface area contributed by atoms with Gasteiger partial charge in [0.15, 0.2) is 0 Å². The summed E-state index contributed by atoms with van der Waals surface area (Å²) in [5, 5.41) is 9.98. The molecule has 0 bridgehead atoms. The van der Waals surface area contributed by atoms with Crippen LogP contribution in [-0.2, 0) is 0 Å². The zero-order chi connectivity index (χ0) is 12.9. The maximum Gasteiger partial charge on any atom is 0.120 e. The predicted octanol–water partition coefficient (Wildman–Crippen LogP) is 3.76. The van der Waals surface area contributed by atoms with Crippen molar-refractivity contribution >= 4 is 11.6 Å². The highest BCUT2D eigenvalue weighted by atomic mass is 35.5. The molecule has 1 rings (SSSR count). The summed E-state index contributed by atoms with van der Waals surface area (Å²) in [4.78, 5) is 0. The first-order valence-corrected chi connectivity index (χ1v) is 6.28. The Balaban J connectivity index is 2.48. The smallest absolute Gasteiger partial charge is 0.120 e. The molecule has 96 valence electrons. The van der Waals surface area contributed by atoms with E-state index < -0.39 is 0 Å². The SMILES string of the molecule is CC(C)(C)CC(CO)COc1cccc(Cl)c1. The van der Waals surface area contributed by atoms with Crippen molar-refractivity contribution in [2.45, 2.75) is 27.2 Å². The molecule has 17 heavy (non-hydrogen) atoms. The Morgan fingerprint density at radius 1 is 1.35 bits per heavy atom. The quantitative estimate of drug-likeness (QED) is 0.869. The number of rotatable bonds is 5. The number of ether oxygens (including phenoxy) is 1. The largest absolute Gasteiger partial charge is 0.493 e. The number of halogens is 1. The average Bonchev–Trinajstić information content (AvgIpc) is 2.23. The van der Waals surface area contributed by atoms with Gasteiger partial charge in [-0.2, -0.15) is 0 Å². The lowest BCUT2D eigenvalue weighted by atomic mass is 9.85. The molecule has 2 nitrogen and oxygen atoms in total. The van der Waals surface area contributed by atoms with Crippen molar-refractivity contribution in [2.24, 2.45) is 11.3 Å². The van der Waals surface area contributed by atoms with Crippen molar-refractivity contribution in [1.82, 2.24) is 0 Å². The molecule has 0 aliphatic heterocycles. The van der Waals surface area contributed by atoms with Crippen molar-refractivity contribution in [3.63, 3.8) is 0 Å². The molecule has 0 aliphatic carbocycles. The zero-order valence-corrected chi connectivity index (χ0v) is 11.5. The Hall–Kier alpha value is -0.730. The normalized spacial score (nSPS) is 13.5. The summed E-state index contributed by atoms with van der Waals surface area (Å²) in [6.45, 7) is 7.16. The van der Waals surface area contributed by atoms with Crippen LogP contribution in [-0.4, -0.2) is 18.3 Å². The van der Waals surface area contributed by atoms with E-state index in [0.29, 0.717) is 11.6 Å². The van der Waals surface area contributed by atoms with Crippen LogP contribution in [0.15, 0.2) is 24.3 Å². The van der Waals surface area contributed by atoms with Crippen LogP contribution < -0.4 is 4.74 Å². The highest BCUT2D eigenvalue weighted by Gasteiger charge is 2.18. The van der Waals surface area contributed by atoms with Gasteiger partial charge in [0.2, 0.25) is 0 Å². The molecule has 1 aromatic carbocycles. The van der Waals surface area contributed by atoms with Crippen molar-refractivity contribution in [3.05, 3.63) is 29.3 Å². The molecule has 0 amide bonds. The molecular formula is C14H21ClO2. The number of aliphatic hydroxyl groups is 1. The molecule has 0 spiro atoms. The first kappa shape index (κ1) is 14.3. The second-order valence-electron chi connectivity index (χ2n) is 5.58. The van der Waals surface area contributed by atoms with Crippen molar-refractivity contribution < 1.29 is 9.84 Å². The Bertz CT molecular complexity index is 344. The van der Waals surface area contributed by atoms with Gasteiger partial charge in [0.25, 0.3) is 0 Å². The van der Waals surface area contributed by atoms with E-state index in [9.17, 15) is 5.11 Å². The molecule has 0 saturated carbocycles. The number of benzene rings is 1. The predicted molar refractivity (Wildman–Crippen MR) is 71.6 cm³/mol. The molecule has 0 heterocycles. The first-order valence-electron chi connectivity index (χ1n) is 5.90. The topological polar surface area (TPSA) is 29.5 Å². The standard InChI is InChI=1S/C14H21ClO2/c1-14(2,3)8-11(9-16)10-17-13-6-4-5-12(15)7-13/h4-7,11,16H,8-10H2,1-3H3. The fraction of sp³-hybridized carbons (Fsp3) is 0.571. The third kappa shape index (κ3) is 5.94. The zero-order valence-electron chi connectivity index (χ0n) is 10.7. The highest BCUT2D eigenvalue weighted by molar-refractivity contribution is 6.30. The minimum atomic E-state index is 0.151. The van der Waals surface area contributed by atoms with Crippen molar-refractivity contribution in [1.29, 1.82) is 0 Å². The summed E-state index contributed by atoms with van der Waals surface area (Å²) in [6.07, 6.45) is 0.935. The minimum absolute atomic E-state index is 0.151. The second kappa shape index (κ2) is 6.27. The van der Waals surface area contributed by atoms with E-state index >= 15 is 0 Å². The fourth-order valence-corrected chi connectivity index (χ4v) is 1.99. The molecule has 3 heteroatoms. The van der Waals surface area contributed by atoms with Crippen LogP contribution in [0.1, 0.15) is 27.2 Å². The molecule has 0 aromatic heterocycles. The molecule has 1 N–H and O–H groups in total. The van der Waals surface area contributed by atoms with Gasteiger partial charge in [-0.25, -0.2) is 0 Å². The molecule has 1 aromatic rings. The summed E-state index contributed by atoms with van der Waals surface area (Å²) >= 11 is 5.87. The summed E-state index contributed by atoms with van der Waals surface area (Å²) < 4.78 is 5.64. The maximum absolute atomic E-state index is 9.32. The van der Waals surface area contributed by atoms with E-state index in [1.165, 1.54) is 0 Å². The summed E-state index contributed by atoms with van der Waals surface area (Å²) in [6, 6.07) is 7.33. The molecular weight excluding hydrogens is 236 g/mol. The number of hydrogen-bond acceptors (Lipinski definition) is 2. The van der Waals surface area contributed by atoms with Crippen LogP contribution in [0.5, 0.6) is 5.75 Å². The van der Waals surface area contributed by atoms with Crippen LogP contribution in [0.3, 0.4) is 0 Å². The van der Waals surface area contributed by atoms with Crippen molar-refractivity contribution in [3.8, 4) is 5.75 Å². The lowest BCUT2D eigenvalue weighted by molar-refractivity contribution is 0.126. The molecule has 0 radical (unpaired) electrons. The van der Waals surface area contributed by atoms with Gasteiger partial charge in [-0.05, 0) is 30.0 Å². The summed E-state index contributed by atoms with van der Waals surface area (Å²) in [5.74, 6) is 0.916. The van der Waals surface area contributed by atoms with Gasteiger partial charge in [-0.15, -0.1) is 0 Å². The van der Waals surface area contributed by atoms with Crippen LogP contribution in [0, 0.1) is 11.3 Å². The van der Waals surface area contributed by atoms with E-state index in [1.807, 2.05) is 18.2 Å². The van der Waals surface area contributed by atoms with Gasteiger partial charge in [0, 0.05) is 17.5 Å². The Morgan fingerprint density at radius 2 is 2.06 bits per heavy atom. The van der Waals surface area contributed by atoms with Crippen LogP contribution in [0.25, 0.3) is 0 Å². The van der Waals surface area contributed by atoms with E-state index in [4.69, 9.17) is 16.3 Å². The third-order valence-electron chi connectivity index (χ3n) is 2.44. The van der Waals surface area contributed by atoms with Crippen LogP contribution in [0.4, 0.5) is 0 Å². The Morgan fingerprint density at radius 3 is 2.59 bits per heavy atom. The average molecular weight is 257 g/mol. The van der Waals surface area contributed by atoms with Crippen LogP contribution in [0.2, 0.25) is 5.02 Å². The maximum atomic E-state index is 9.32. The van der Waals surface area contributed by atoms with Crippen molar-refractivity contribution in [2.75, 3.05) is 13.2 Å². The van der Waals surface area contributed by atoms with Gasteiger partial charge >= 0.3 is 0 Å². The van der Waals surface area contributed by atoms with Gasteiger partial charge in [-0.3, -0.25) is 0 Å². The third-order valence-corrected chi connectivity index (χ3v) is 2.68. The Kier molecular flexibility index (Phi) is 5.29. The molecule has 1 atom stereocenters. The summed E-state index contributed by atoms with van der Waals surface area (Å²) in [7, 11) is 0. The van der Waals surface area contributed by atoms with E-state index in [2.05, 4.69) is 20.8 Å². The highest BCUT2D eigenvalue weighted by Crippen LogP contribution is 2.25. The molecule has 1 unspecified atom stereocenters. The second-order valence-corrected chi connectivity index (χ2v) is 6.02. The lowest BCUT2D eigenvalue weighted by Gasteiger charge is -2.24. The molecule has 0 aliphatic rings. The van der Waals surface area contributed by atoms with Gasteiger partial charge in [-0.1, -0.05) is 38.4 Å². The summed E-state index contributed by atoms with van der Waals surface area (Å²) in [5.41, 5.74) is 0.199. The van der Waals surface area contributed by atoms with E-state index in [1.54, 1.807) is 6.07 Å². The van der Waals surface area contributed by atoms with Gasteiger partial charge in [0.05, 0.1) is 6.61 Å². The fourth-order valence-electron chi connectivity index (χ4n) is 1.81. The lowest BCUT2D eigenvalue weighted by Crippen LogP contribution is -2.22. The van der Waals surface area contributed by atoms with Gasteiger partial charge in [0.1, 0.15) is 5.75 Å². The number of aliphatic hydroxyl groups excluding tert-OH is 1. The Labute approximate surface area is 109 Å². The van der Waals surface area contributed by atoms with E-state index in [0.717, 1.165) is 12.2 Å².